The van der Waals surface area contributed by atoms with Crippen LogP contribution in [0.5, 0.6) is 0 Å². The van der Waals surface area contributed by atoms with Gasteiger partial charge in [-0.15, -0.1) is 0 Å². The molecule has 2 heterocycles. The fourth-order valence-electron chi connectivity index (χ4n) is 2.01. The number of pyridine rings is 1. The fraction of sp³-hybridized carbons (Fsp3) is 0.188. The fourth-order valence-corrected chi connectivity index (χ4v) is 4.05. The van der Waals surface area contributed by atoms with E-state index < -0.39 is 0 Å². The molecule has 0 aliphatic carbocycles. The summed E-state index contributed by atoms with van der Waals surface area (Å²) in [5, 5.41) is 12.4. The number of nitrogens with zero attached hydrogens (tertiary/aromatic N) is 3. The molecule has 0 bridgehead atoms. The van der Waals surface area contributed by atoms with Gasteiger partial charge in [0.1, 0.15) is 0 Å². The second kappa shape index (κ2) is 5.91. The molecule has 0 saturated carbocycles. The summed E-state index contributed by atoms with van der Waals surface area (Å²) in [6.45, 7) is 3.65. The summed E-state index contributed by atoms with van der Waals surface area (Å²) in [5.74, 6) is 0.625. The first-order valence-corrected chi connectivity index (χ1v) is 8.56. The summed E-state index contributed by atoms with van der Waals surface area (Å²) >= 11 is -0.0889. The average Bonchev–Trinajstić information content (AvgIpc) is 2.85. The number of hydroxylamine groups is 1. The molecule has 6 heteroatoms. The van der Waals surface area contributed by atoms with E-state index in [-0.39, 0.29) is 26.3 Å². The van der Waals surface area contributed by atoms with Gasteiger partial charge in [0.2, 0.25) is 0 Å². The van der Waals surface area contributed by atoms with Gasteiger partial charge < -0.3 is 0 Å². The van der Waals surface area contributed by atoms with Crippen LogP contribution in [0.3, 0.4) is 0 Å². The third-order valence-corrected chi connectivity index (χ3v) is 5.54. The molecule has 22 heavy (non-hydrogen) atoms. The molecule has 0 amide bonds. The van der Waals surface area contributed by atoms with Crippen molar-refractivity contribution in [3.63, 3.8) is 0 Å². The van der Waals surface area contributed by atoms with Crippen molar-refractivity contribution in [2.75, 3.05) is 0 Å². The molecule has 5 nitrogen and oxygen atoms in total. The Kier molecular flexibility index (Phi) is 3.96. The van der Waals surface area contributed by atoms with Crippen molar-refractivity contribution in [1.29, 1.82) is 0 Å². The molecular weight excluding hydrogens is 345 g/mol. The Morgan fingerprint density at radius 2 is 2.05 bits per heavy atom. The molecule has 0 N–H and O–H groups in total. The van der Waals surface area contributed by atoms with Crippen LogP contribution in [0.15, 0.2) is 47.4 Å². The Morgan fingerprint density at radius 3 is 2.68 bits per heavy atom. The van der Waals surface area contributed by atoms with Gasteiger partial charge in [-0.2, -0.15) is 0 Å². The second-order valence-electron chi connectivity index (χ2n) is 5.22. The van der Waals surface area contributed by atoms with Gasteiger partial charge in [-0.05, 0) is 0 Å². The summed E-state index contributed by atoms with van der Waals surface area (Å²) in [7, 11) is 0. The molecule has 0 unspecified atom stereocenters. The van der Waals surface area contributed by atoms with Crippen LogP contribution in [0.1, 0.15) is 19.4 Å². The molecule has 112 valence electrons. The number of aromatic nitrogens is 2. The predicted octanol–water partition coefficient (Wildman–Crippen LogP) is 1.78. The van der Waals surface area contributed by atoms with Crippen LogP contribution in [0.4, 0.5) is 0 Å². The number of rotatable bonds is 3. The normalized spacial score (nSPS) is 12.2. The van der Waals surface area contributed by atoms with Crippen molar-refractivity contribution in [2.45, 2.75) is 19.9 Å². The Balaban J connectivity index is 2.00. The number of benzene rings is 1. The van der Waals surface area contributed by atoms with Crippen LogP contribution in [0, 0.1) is 5.21 Å². The van der Waals surface area contributed by atoms with Gasteiger partial charge in [0.15, 0.2) is 0 Å². The minimum atomic E-state index is -0.113. The van der Waals surface area contributed by atoms with E-state index >= 15 is 0 Å². The number of hydrogen-bond donors (Lipinski definition) is 0. The van der Waals surface area contributed by atoms with Crippen LogP contribution >= 0.6 is 0 Å². The van der Waals surface area contributed by atoms with Gasteiger partial charge in [-0.25, -0.2) is 0 Å². The summed E-state index contributed by atoms with van der Waals surface area (Å²) in [5.41, 5.74) is 0.719. The Bertz CT molecular complexity index is 892. The van der Waals surface area contributed by atoms with Crippen molar-refractivity contribution in [3.8, 4) is 5.82 Å². The molecule has 1 aromatic carbocycles. The van der Waals surface area contributed by atoms with Gasteiger partial charge in [-0.1, -0.05) is 0 Å². The van der Waals surface area contributed by atoms with E-state index in [0.717, 1.165) is 19.9 Å². The first-order valence-electron chi connectivity index (χ1n) is 6.94. The molecule has 0 aliphatic rings. The zero-order valence-electron chi connectivity index (χ0n) is 12.3. The molecule has 3 rings (SSSR count). The molecule has 0 spiro atoms. The maximum atomic E-state index is 12.4. The van der Waals surface area contributed by atoms with Crippen LogP contribution in [0.25, 0.3) is 15.5 Å². The minimum absolute atomic E-state index is 0.00698. The van der Waals surface area contributed by atoms with Crippen LogP contribution in [-0.4, -0.2) is 40.3 Å². The summed E-state index contributed by atoms with van der Waals surface area (Å²) < 4.78 is 3.67. The van der Waals surface area contributed by atoms with E-state index in [1.54, 1.807) is 15.8 Å². The van der Waals surface area contributed by atoms with E-state index in [1.807, 2.05) is 44.2 Å². The number of hydrogen-bond acceptors (Lipinski definition) is 3. The summed E-state index contributed by atoms with van der Waals surface area (Å²) in [4.78, 5) is 16.7. The van der Waals surface area contributed by atoms with E-state index in [2.05, 4.69) is 4.98 Å². The zero-order valence-corrected chi connectivity index (χ0v) is 14.0. The first-order chi connectivity index (χ1) is 10.6. The van der Waals surface area contributed by atoms with Crippen molar-refractivity contribution >= 4 is 30.6 Å². The van der Waals surface area contributed by atoms with Crippen molar-refractivity contribution in [3.05, 3.63) is 63.7 Å². The number of fused-ring (bicyclic) bond motifs is 1. The Hall–Kier alpha value is -2.17. The Labute approximate surface area is 133 Å². The topological polar surface area (TPSA) is 61.0 Å². The predicted molar refractivity (Wildman–Crippen MR) is 88.2 cm³/mol. The van der Waals surface area contributed by atoms with Crippen molar-refractivity contribution in [1.82, 2.24) is 8.55 Å². The molecule has 0 radical (unpaired) electrons. The quantitative estimate of drug-likeness (QED) is 0.235. The standard InChI is InChI=1S/C16H15N3O2Se/c1-11(2)18(21)10-12-7-8-15(17-9-12)19-16(20)13-5-3-4-6-14(13)22-19/h3-11H,1-2H3. The second-order valence-corrected chi connectivity index (χ2v) is 7.29. The average molecular weight is 360 g/mol. The van der Waals surface area contributed by atoms with Gasteiger partial charge in [0.05, 0.1) is 0 Å². The van der Waals surface area contributed by atoms with Crippen LogP contribution in [0.2, 0.25) is 0 Å². The van der Waals surface area contributed by atoms with Crippen molar-refractivity contribution in [2.24, 2.45) is 0 Å². The maximum absolute atomic E-state index is 12.4. The van der Waals surface area contributed by atoms with Crippen LogP contribution in [-0.2, 0) is 0 Å². The SMILES string of the molecule is CC(C)[N+]([O-])=Cc1ccc(-n2[se]c3ccccc3c2=O)nc1. The van der Waals surface area contributed by atoms with E-state index in [1.165, 1.54) is 6.21 Å². The Morgan fingerprint density at radius 1 is 1.27 bits per heavy atom. The van der Waals surface area contributed by atoms with E-state index in [9.17, 15) is 10.0 Å². The summed E-state index contributed by atoms with van der Waals surface area (Å²) in [6, 6.07) is 11.1. The van der Waals surface area contributed by atoms with E-state index in [4.69, 9.17) is 0 Å². The van der Waals surface area contributed by atoms with Gasteiger partial charge in [-0.3, -0.25) is 0 Å². The van der Waals surface area contributed by atoms with Crippen LogP contribution < -0.4 is 5.56 Å². The van der Waals surface area contributed by atoms with Crippen molar-refractivity contribution < 1.29 is 4.74 Å². The first kappa shape index (κ1) is 14.8. The molecule has 0 atom stereocenters. The molecular formula is C16H15N3O2Se. The third kappa shape index (κ3) is 2.75. The molecule has 3 aromatic rings. The molecule has 0 aliphatic heterocycles. The van der Waals surface area contributed by atoms with Gasteiger partial charge in [0, 0.05) is 0 Å². The zero-order chi connectivity index (χ0) is 15.7. The third-order valence-electron chi connectivity index (χ3n) is 3.26. The van der Waals surface area contributed by atoms with Gasteiger partial charge in [0.25, 0.3) is 0 Å². The van der Waals surface area contributed by atoms with Gasteiger partial charge >= 0.3 is 133 Å². The molecule has 2 aromatic heterocycles. The molecule has 0 fully saturated rings. The van der Waals surface area contributed by atoms with E-state index in [0.29, 0.717) is 5.82 Å². The summed E-state index contributed by atoms with van der Waals surface area (Å²) in [6.07, 6.45) is 3.13. The monoisotopic (exact) mass is 361 g/mol. The molecule has 0 saturated heterocycles.